The van der Waals surface area contributed by atoms with Gasteiger partial charge in [-0.3, -0.25) is 0 Å². The Morgan fingerprint density at radius 1 is 1.33 bits per heavy atom. The van der Waals surface area contributed by atoms with Crippen molar-refractivity contribution in [2.75, 3.05) is 7.11 Å². The van der Waals surface area contributed by atoms with Gasteiger partial charge in [-0.05, 0) is 27.2 Å². The van der Waals surface area contributed by atoms with E-state index in [2.05, 4.69) is 16.9 Å². The van der Waals surface area contributed by atoms with Gasteiger partial charge in [0.1, 0.15) is 10.8 Å². The van der Waals surface area contributed by atoms with Crippen LogP contribution in [0.4, 0.5) is 0 Å². The van der Waals surface area contributed by atoms with Gasteiger partial charge >= 0.3 is 0 Å². The van der Waals surface area contributed by atoms with Crippen molar-refractivity contribution in [2.24, 2.45) is 0 Å². The summed E-state index contributed by atoms with van der Waals surface area (Å²) in [6.07, 6.45) is 0.848. The topological polar surface area (TPSA) is 35.0 Å². The standard InChI is InChI=1S/C11H17ClN2O/c1-6-8-7(2)9(12)14-10(13-8)11(3,4)15-5/h6H2,1-5H3. The Labute approximate surface area is 95.8 Å². The van der Waals surface area contributed by atoms with Crippen LogP contribution < -0.4 is 0 Å². The van der Waals surface area contributed by atoms with Gasteiger partial charge in [0.05, 0.1) is 0 Å². The summed E-state index contributed by atoms with van der Waals surface area (Å²) in [7, 11) is 1.64. The molecule has 0 atom stereocenters. The highest BCUT2D eigenvalue weighted by molar-refractivity contribution is 6.30. The molecule has 0 N–H and O–H groups in total. The SMILES string of the molecule is CCc1nc(C(C)(C)OC)nc(Cl)c1C. The largest absolute Gasteiger partial charge is 0.371 e. The first-order valence-corrected chi connectivity index (χ1v) is 5.38. The van der Waals surface area contributed by atoms with Crippen LogP contribution in [0.5, 0.6) is 0 Å². The fourth-order valence-corrected chi connectivity index (χ4v) is 1.43. The molecular formula is C11H17ClN2O. The zero-order chi connectivity index (χ0) is 11.6. The number of aromatic nitrogens is 2. The third kappa shape index (κ3) is 2.47. The van der Waals surface area contributed by atoms with Crippen LogP contribution in [-0.2, 0) is 16.8 Å². The van der Waals surface area contributed by atoms with E-state index in [0.29, 0.717) is 11.0 Å². The van der Waals surface area contributed by atoms with Crippen molar-refractivity contribution >= 4 is 11.6 Å². The molecule has 15 heavy (non-hydrogen) atoms. The van der Waals surface area contributed by atoms with E-state index in [0.717, 1.165) is 17.7 Å². The van der Waals surface area contributed by atoms with E-state index < -0.39 is 5.60 Å². The van der Waals surface area contributed by atoms with E-state index in [9.17, 15) is 0 Å². The Morgan fingerprint density at radius 2 is 1.93 bits per heavy atom. The van der Waals surface area contributed by atoms with Crippen LogP contribution >= 0.6 is 11.6 Å². The molecule has 1 aromatic heterocycles. The summed E-state index contributed by atoms with van der Waals surface area (Å²) >= 11 is 6.05. The first-order valence-electron chi connectivity index (χ1n) is 5.01. The first kappa shape index (κ1) is 12.4. The summed E-state index contributed by atoms with van der Waals surface area (Å²) in [5, 5.41) is 0.516. The van der Waals surface area contributed by atoms with Gasteiger partial charge in [0.25, 0.3) is 0 Å². The minimum absolute atomic E-state index is 0.499. The summed E-state index contributed by atoms with van der Waals surface area (Å²) in [6.45, 7) is 7.83. The molecular weight excluding hydrogens is 212 g/mol. The van der Waals surface area contributed by atoms with E-state index in [1.807, 2.05) is 20.8 Å². The van der Waals surface area contributed by atoms with Gasteiger partial charge < -0.3 is 4.74 Å². The van der Waals surface area contributed by atoms with Gasteiger partial charge in [0.2, 0.25) is 0 Å². The molecule has 0 saturated heterocycles. The number of nitrogens with zero attached hydrogens (tertiary/aromatic N) is 2. The lowest BCUT2D eigenvalue weighted by molar-refractivity contribution is 0.0113. The summed E-state index contributed by atoms with van der Waals surface area (Å²) in [4.78, 5) is 8.73. The lowest BCUT2D eigenvalue weighted by atomic mass is 10.1. The molecule has 0 unspecified atom stereocenters. The maximum Gasteiger partial charge on any atom is 0.161 e. The number of hydrogen-bond donors (Lipinski definition) is 0. The Balaban J connectivity index is 3.28. The van der Waals surface area contributed by atoms with Gasteiger partial charge in [-0.25, -0.2) is 9.97 Å². The maximum absolute atomic E-state index is 6.05. The lowest BCUT2D eigenvalue weighted by Crippen LogP contribution is -2.24. The molecule has 0 aliphatic carbocycles. The molecule has 0 aromatic carbocycles. The van der Waals surface area contributed by atoms with E-state index in [1.165, 1.54) is 0 Å². The van der Waals surface area contributed by atoms with Gasteiger partial charge in [-0.1, -0.05) is 18.5 Å². The number of methoxy groups -OCH3 is 1. The van der Waals surface area contributed by atoms with Crippen LogP contribution in [0.25, 0.3) is 0 Å². The third-order valence-electron chi connectivity index (χ3n) is 2.57. The molecule has 3 nitrogen and oxygen atoms in total. The average Bonchev–Trinajstić information content (AvgIpc) is 2.21. The Bertz CT molecular complexity index is 364. The zero-order valence-electron chi connectivity index (χ0n) is 9.89. The Morgan fingerprint density at radius 3 is 2.40 bits per heavy atom. The van der Waals surface area contributed by atoms with Crippen molar-refractivity contribution in [3.05, 3.63) is 22.2 Å². The highest BCUT2D eigenvalue weighted by atomic mass is 35.5. The van der Waals surface area contributed by atoms with Gasteiger partial charge in [-0.15, -0.1) is 0 Å². The number of hydrogen-bond acceptors (Lipinski definition) is 3. The molecule has 0 fully saturated rings. The van der Waals surface area contributed by atoms with Crippen LogP contribution in [0.1, 0.15) is 37.9 Å². The highest BCUT2D eigenvalue weighted by Gasteiger charge is 2.24. The summed E-state index contributed by atoms with van der Waals surface area (Å²) in [5.74, 6) is 0.637. The second-order valence-corrected chi connectivity index (χ2v) is 4.34. The molecule has 1 aromatic rings. The predicted molar refractivity (Wildman–Crippen MR) is 61.2 cm³/mol. The van der Waals surface area contributed by atoms with Crippen molar-refractivity contribution < 1.29 is 4.74 Å². The van der Waals surface area contributed by atoms with Crippen molar-refractivity contribution in [2.45, 2.75) is 39.7 Å². The summed E-state index contributed by atoms with van der Waals surface area (Å²) < 4.78 is 5.33. The molecule has 0 bridgehead atoms. The molecule has 0 aliphatic rings. The quantitative estimate of drug-likeness (QED) is 0.747. The third-order valence-corrected chi connectivity index (χ3v) is 2.94. The second kappa shape index (κ2) is 4.45. The number of rotatable bonds is 3. The van der Waals surface area contributed by atoms with E-state index in [1.54, 1.807) is 7.11 Å². The van der Waals surface area contributed by atoms with E-state index in [-0.39, 0.29) is 0 Å². The Hall–Kier alpha value is -0.670. The molecule has 0 radical (unpaired) electrons. The summed E-state index contributed by atoms with van der Waals surface area (Å²) in [5.41, 5.74) is 1.44. The molecule has 84 valence electrons. The number of ether oxygens (including phenoxy) is 1. The van der Waals surface area contributed by atoms with Crippen LogP contribution in [0.3, 0.4) is 0 Å². The molecule has 0 aliphatic heterocycles. The maximum atomic E-state index is 6.05. The lowest BCUT2D eigenvalue weighted by Gasteiger charge is -2.22. The molecule has 4 heteroatoms. The van der Waals surface area contributed by atoms with Crippen LogP contribution in [0.2, 0.25) is 5.15 Å². The van der Waals surface area contributed by atoms with Gasteiger partial charge in [-0.2, -0.15) is 0 Å². The monoisotopic (exact) mass is 228 g/mol. The van der Waals surface area contributed by atoms with Crippen molar-refractivity contribution in [1.29, 1.82) is 0 Å². The van der Waals surface area contributed by atoms with E-state index in [4.69, 9.17) is 16.3 Å². The minimum atomic E-state index is -0.499. The highest BCUT2D eigenvalue weighted by Crippen LogP contribution is 2.24. The predicted octanol–water partition coefficient (Wildman–Crippen LogP) is 2.88. The van der Waals surface area contributed by atoms with Crippen molar-refractivity contribution in [3.8, 4) is 0 Å². The van der Waals surface area contributed by atoms with Gasteiger partial charge in [0.15, 0.2) is 5.82 Å². The van der Waals surface area contributed by atoms with Gasteiger partial charge in [0, 0.05) is 18.4 Å². The van der Waals surface area contributed by atoms with Crippen LogP contribution in [0, 0.1) is 6.92 Å². The van der Waals surface area contributed by atoms with Crippen LogP contribution in [-0.4, -0.2) is 17.1 Å². The normalized spacial score (nSPS) is 11.9. The first-order chi connectivity index (χ1) is 6.92. The molecule has 0 saturated carbocycles. The smallest absolute Gasteiger partial charge is 0.161 e. The molecule has 0 spiro atoms. The van der Waals surface area contributed by atoms with Crippen LogP contribution in [0.15, 0.2) is 0 Å². The minimum Gasteiger partial charge on any atom is -0.371 e. The average molecular weight is 229 g/mol. The van der Waals surface area contributed by atoms with E-state index >= 15 is 0 Å². The molecule has 0 amide bonds. The second-order valence-electron chi connectivity index (χ2n) is 3.98. The fraction of sp³-hybridized carbons (Fsp3) is 0.636. The number of halogens is 1. The molecule has 1 rings (SSSR count). The number of aryl methyl sites for hydroxylation is 1. The summed E-state index contributed by atoms with van der Waals surface area (Å²) in [6, 6.07) is 0. The Kier molecular flexibility index (Phi) is 3.68. The van der Waals surface area contributed by atoms with Crippen molar-refractivity contribution in [3.63, 3.8) is 0 Å². The van der Waals surface area contributed by atoms with Crippen molar-refractivity contribution in [1.82, 2.24) is 9.97 Å². The molecule has 1 heterocycles. The fourth-order valence-electron chi connectivity index (χ4n) is 1.24. The zero-order valence-corrected chi connectivity index (χ0v) is 10.6.